The molecular formula is C23H26FN3O6. The second-order valence-corrected chi connectivity index (χ2v) is 9.28. The van der Waals surface area contributed by atoms with Crippen LogP contribution in [0.25, 0.3) is 5.76 Å². The van der Waals surface area contributed by atoms with E-state index < -0.39 is 63.9 Å². The van der Waals surface area contributed by atoms with E-state index in [-0.39, 0.29) is 24.0 Å². The molecule has 176 valence electrons. The molecular weight excluding hydrogens is 433 g/mol. The summed E-state index contributed by atoms with van der Waals surface area (Å²) in [6.07, 6.45) is 0.203. The second kappa shape index (κ2) is 7.39. The highest BCUT2D eigenvalue weighted by Gasteiger charge is 2.64. The number of nitrogens with zero attached hydrogens (tertiary/aromatic N) is 2. The molecule has 0 bridgehead atoms. The van der Waals surface area contributed by atoms with Gasteiger partial charge in [0.15, 0.2) is 11.4 Å². The molecule has 1 amide bonds. The molecule has 0 aromatic heterocycles. The molecule has 10 heteroatoms. The van der Waals surface area contributed by atoms with Crippen LogP contribution in [0.2, 0.25) is 0 Å². The van der Waals surface area contributed by atoms with Gasteiger partial charge in [-0.2, -0.15) is 0 Å². The number of benzene rings is 1. The number of amides is 1. The first kappa shape index (κ1) is 22.9. The van der Waals surface area contributed by atoms with E-state index in [1.54, 1.807) is 39.2 Å². The van der Waals surface area contributed by atoms with Crippen LogP contribution in [0.3, 0.4) is 0 Å². The molecule has 5 N–H and O–H groups in total. The zero-order valence-electron chi connectivity index (χ0n) is 18.7. The third-order valence-electron chi connectivity index (χ3n) is 7.03. The number of rotatable bonds is 3. The first-order valence-corrected chi connectivity index (χ1v) is 10.5. The van der Waals surface area contributed by atoms with Gasteiger partial charge in [-0.25, -0.2) is 4.39 Å². The second-order valence-electron chi connectivity index (χ2n) is 9.28. The largest absolute Gasteiger partial charge is 0.508 e. The van der Waals surface area contributed by atoms with Gasteiger partial charge < -0.3 is 26.0 Å². The van der Waals surface area contributed by atoms with Gasteiger partial charge in [-0.3, -0.25) is 19.3 Å². The number of nitrogens with two attached hydrogens (primary N) is 1. The minimum absolute atomic E-state index is 0.0230. The highest BCUT2D eigenvalue weighted by atomic mass is 19.1. The lowest BCUT2D eigenvalue weighted by atomic mass is 9.57. The third-order valence-corrected chi connectivity index (χ3v) is 7.03. The molecule has 1 aromatic rings. The summed E-state index contributed by atoms with van der Waals surface area (Å²) in [5.41, 5.74) is 2.56. The van der Waals surface area contributed by atoms with Crippen molar-refractivity contribution >= 4 is 28.9 Å². The summed E-state index contributed by atoms with van der Waals surface area (Å²) in [5.74, 6) is -7.38. The number of anilines is 1. The maximum absolute atomic E-state index is 14.8. The van der Waals surface area contributed by atoms with Gasteiger partial charge in [0.25, 0.3) is 5.91 Å². The first-order valence-electron chi connectivity index (χ1n) is 10.5. The minimum Gasteiger partial charge on any atom is -0.508 e. The highest BCUT2D eigenvalue weighted by molar-refractivity contribution is 6.24. The Morgan fingerprint density at radius 2 is 1.82 bits per heavy atom. The molecule has 9 nitrogen and oxygen atoms in total. The SMILES string of the molecule is CN(C)c1ccc(F)c2c1C[C@H]1C[C@H]3[C@H](N(C)C)C(=O)C(C(N)=O)=C(O)[C@@]3(O)C(=O)C1=C2O. The molecule has 1 fully saturated rings. The van der Waals surface area contributed by atoms with Crippen molar-refractivity contribution in [3.63, 3.8) is 0 Å². The molecule has 1 aromatic carbocycles. The third kappa shape index (κ3) is 2.94. The fraction of sp³-hybridized carbons (Fsp3) is 0.435. The fourth-order valence-electron chi connectivity index (χ4n) is 5.62. The van der Waals surface area contributed by atoms with Gasteiger partial charge in [-0.15, -0.1) is 0 Å². The monoisotopic (exact) mass is 459 g/mol. The molecule has 0 aliphatic heterocycles. The number of likely N-dealkylation sites (N-methyl/N-ethyl adjacent to an activating group) is 1. The van der Waals surface area contributed by atoms with Gasteiger partial charge in [-0.1, -0.05) is 0 Å². The molecule has 0 spiro atoms. The zero-order valence-corrected chi connectivity index (χ0v) is 18.7. The summed E-state index contributed by atoms with van der Waals surface area (Å²) < 4.78 is 14.8. The average molecular weight is 459 g/mol. The van der Waals surface area contributed by atoms with Crippen molar-refractivity contribution < 1.29 is 34.1 Å². The number of hydrogen-bond acceptors (Lipinski definition) is 8. The van der Waals surface area contributed by atoms with Crippen molar-refractivity contribution in [2.75, 3.05) is 33.1 Å². The minimum atomic E-state index is -2.67. The Labute approximate surface area is 189 Å². The van der Waals surface area contributed by atoms with E-state index in [9.17, 15) is 34.1 Å². The molecule has 3 aliphatic carbocycles. The van der Waals surface area contributed by atoms with Crippen LogP contribution in [-0.4, -0.2) is 77.5 Å². The normalized spacial score (nSPS) is 29.1. The quantitative estimate of drug-likeness (QED) is 0.478. The Hall–Kier alpha value is -3.24. The number of hydrogen-bond donors (Lipinski definition) is 4. The molecule has 33 heavy (non-hydrogen) atoms. The molecule has 3 aliphatic rings. The Bertz CT molecular complexity index is 1170. The summed E-state index contributed by atoms with van der Waals surface area (Å²) in [6, 6.07) is 1.64. The zero-order chi connectivity index (χ0) is 24.6. The van der Waals surface area contributed by atoms with Gasteiger partial charge >= 0.3 is 0 Å². The van der Waals surface area contributed by atoms with Crippen LogP contribution in [0, 0.1) is 17.7 Å². The van der Waals surface area contributed by atoms with Crippen molar-refractivity contribution in [3.05, 3.63) is 46.0 Å². The lowest BCUT2D eigenvalue weighted by Crippen LogP contribution is -2.65. The molecule has 0 unspecified atom stereocenters. The summed E-state index contributed by atoms with van der Waals surface area (Å²) in [4.78, 5) is 41.8. The maximum atomic E-state index is 14.8. The number of fused-ring (bicyclic) bond motifs is 3. The Morgan fingerprint density at radius 3 is 2.36 bits per heavy atom. The van der Waals surface area contributed by atoms with Crippen LogP contribution in [0.1, 0.15) is 17.5 Å². The fourth-order valence-corrected chi connectivity index (χ4v) is 5.62. The highest BCUT2D eigenvalue weighted by Crippen LogP contribution is 2.52. The predicted octanol–water partition coefficient (Wildman–Crippen LogP) is 0.464. The number of carbonyl (C=O) groups is 3. The predicted molar refractivity (Wildman–Crippen MR) is 117 cm³/mol. The summed E-state index contributed by atoms with van der Waals surface area (Å²) in [6.45, 7) is 0. The lowest BCUT2D eigenvalue weighted by molar-refractivity contribution is -0.153. The van der Waals surface area contributed by atoms with E-state index in [4.69, 9.17) is 5.73 Å². The average Bonchev–Trinajstić information content (AvgIpc) is 2.70. The number of aliphatic hydroxyl groups excluding tert-OH is 2. The Morgan fingerprint density at radius 1 is 1.18 bits per heavy atom. The lowest BCUT2D eigenvalue weighted by Gasteiger charge is -2.50. The van der Waals surface area contributed by atoms with Crippen LogP contribution < -0.4 is 10.6 Å². The molecule has 0 heterocycles. The van der Waals surface area contributed by atoms with E-state index in [1.807, 2.05) is 0 Å². The van der Waals surface area contributed by atoms with Crippen LogP contribution >= 0.6 is 0 Å². The number of Topliss-reactive ketones (excluding diaryl/α,β-unsaturated/α-hetero) is 2. The van der Waals surface area contributed by atoms with Crippen LogP contribution in [-0.2, 0) is 20.8 Å². The van der Waals surface area contributed by atoms with Gasteiger partial charge in [-0.05, 0) is 50.6 Å². The number of ketones is 2. The summed E-state index contributed by atoms with van der Waals surface area (Å²) in [5, 5.41) is 33.3. The molecule has 4 rings (SSSR count). The number of halogens is 1. The standard InChI is InChI=1S/C23H26FN3O6/c1-26(2)13-6-5-12(24)15-10(13)7-9-8-11-17(27(3)4)19(29)16(22(25)32)21(31)23(11,33)20(30)14(9)18(15)28/h5-6,9,11,17,28,31,33H,7-8H2,1-4H3,(H2,25,32)/t9-,11-,17-,23-/m0/s1. The number of carbonyl (C=O) groups excluding carboxylic acids is 3. The van der Waals surface area contributed by atoms with Gasteiger partial charge in [0.2, 0.25) is 5.78 Å². The van der Waals surface area contributed by atoms with Crippen LogP contribution in [0.5, 0.6) is 0 Å². The van der Waals surface area contributed by atoms with Gasteiger partial charge in [0, 0.05) is 31.3 Å². The van der Waals surface area contributed by atoms with E-state index >= 15 is 0 Å². The van der Waals surface area contributed by atoms with E-state index in [0.29, 0.717) is 11.3 Å². The summed E-state index contributed by atoms with van der Waals surface area (Å²) >= 11 is 0. The van der Waals surface area contributed by atoms with Crippen molar-refractivity contribution in [2.24, 2.45) is 17.6 Å². The Kier molecular flexibility index (Phi) is 5.14. The Balaban J connectivity index is 1.99. The topological polar surface area (TPSA) is 144 Å². The smallest absolute Gasteiger partial charge is 0.255 e. The molecule has 1 saturated carbocycles. The van der Waals surface area contributed by atoms with E-state index in [0.717, 1.165) is 0 Å². The summed E-state index contributed by atoms with van der Waals surface area (Å²) in [7, 11) is 6.63. The van der Waals surface area contributed by atoms with Crippen LogP contribution in [0.4, 0.5) is 10.1 Å². The first-order chi connectivity index (χ1) is 15.3. The van der Waals surface area contributed by atoms with Crippen LogP contribution in [0.15, 0.2) is 29.0 Å². The van der Waals surface area contributed by atoms with Gasteiger partial charge in [0.1, 0.15) is 22.9 Å². The maximum Gasteiger partial charge on any atom is 0.255 e. The number of aliphatic hydroxyl groups is 3. The van der Waals surface area contributed by atoms with Crippen molar-refractivity contribution in [3.8, 4) is 0 Å². The van der Waals surface area contributed by atoms with Crippen molar-refractivity contribution in [1.29, 1.82) is 0 Å². The number of primary amides is 1. The van der Waals surface area contributed by atoms with Crippen molar-refractivity contribution in [2.45, 2.75) is 24.5 Å². The molecule has 4 atom stereocenters. The molecule has 0 saturated heterocycles. The van der Waals surface area contributed by atoms with E-state index in [1.165, 1.54) is 11.0 Å². The molecule has 0 radical (unpaired) electrons. The van der Waals surface area contributed by atoms with E-state index in [2.05, 4.69) is 0 Å². The van der Waals surface area contributed by atoms with Crippen molar-refractivity contribution in [1.82, 2.24) is 4.90 Å². The van der Waals surface area contributed by atoms with Gasteiger partial charge in [0.05, 0.1) is 11.6 Å².